The summed E-state index contributed by atoms with van der Waals surface area (Å²) in [6, 6.07) is 6.29. The van der Waals surface area contributed by atoms with Crippen molar-refractivity contribution in [3.8, 4) is 0 Å². The number of benzene rings is 1. The number of carbonyl (C=O) groups excluding carboxylic acids is 1. The molecule has 20 heavy (non-hydrogen) atoms. The minimum atomic E-state index is 0.252. The summed E-state index contributed by atoms with van der Waals surface area (Å²) >= 11 is 3.49. The Bertz CT molecular complexity index is 512. The molecule has 5 heteroatoms. The zero-order valence-corrected chi connectivity index (χ0v) is 13.4. The molecule has 2 aliphatic heterocycles. The molecule has 108 valence electrons. The van der Waals surface area contributed by atoms with E-state index >= 15 is 0 Å². The lowest BCUT2D eigenvalue weighted by atomic mass is 10.1. The fraction of sp³-hybridized carbons (Fsp3) is 0.533. The van der Waals surface area contributed by atoms with Crippen molar-refractivity contribution in [3.63, 3.8) is 0 Å². The Morgan fingerprint density at radius 3 is 2.60 bits per heavy atom. The Morgan fingerprint density at radius 1 is 1.15 bits per heavy atom. The van der Waals surface area contributed by atoms with Crippen LogP contribution in [0.25, 0.3) is 0 Å². The lowest BCUT2D eigenvalue weighted by Crippen LogP contribution is -2.48. The van der Waals surface area contributed by atoms with Crippen molar-refractivity contribution in [2.75, 3.05) is 39.8 Å². The minimum absolute atomic E-state index is 0.252. The van der Waals surface area contributed by atoms with E-state index in [1.165, 1.54) is 11.1 Å². The quantitative estimate of drug-likeness (QED) is 0.819. The number of halogens is 1. The fourth-order valence-electron chi connectivity index (χ4n) is 2.84. The van der Waals surface area contributed by atoms with E-state index in [9.17, 15) is 4.79 Å². The second-order valence-electron chi connectivity index (χ2n) is 5.74. The molecule has 0 N–H and O–H groups in total. The lowest BCUT2D eigenvalue weighted by molar-refractivity contribution is -0.133. The van der Waals surface area contributed by atoms with Crippen molar-refractivity contribution in [2.24, 2.45) is 0 Å². The van der Waals surface area contributed by atoms with Gasteiger partial charge < -0.3 is 9.80 Å². The molecule has 4 nitrogen and oxygen atoms in total. The van der Waals surface area contributed by atoms with Gasteiger partial charge in [0.05, 0.1) is 6.54 Å². The zero-order valence-electron chi connectivity index (χ0n) is 11.8. The van der Waals surface area contributed by atoms with Crippen LogP contribution in [0.2, 0.25) is 0 Å². The summed E-state index contributed by atoms with van der Waals surface area (Å²) in [5.74, 6) is 0.252. The highest BCUT2D eigenvalue weighted by Gasteiger charge is 2.25. The Balaban J connectivity index is 1.57. The number of likely N-dealkylation sites (N-methyl/N-ethyl adjacent to an activating group) is 1. The van der Waals surface area contributed by atoms with Gasteiger partial charge in [0.1, 0.15) is 0 Å². The number of hydrogen-bond acceptors (Lipinski definition) is 3. The molecule has 0 atom stereocenters. The fourth-order valence-corrected chi connectivity index (χ4v) is 3.25. The number of rotatable bonds is 2. The molecule has 1 aromatic rings. The Labute approximate surface area is 128 Å². The molecule has 1 saturated heterocycles. The van der Waals surface area contributed by atoms with Crippen LogP contribution in [0.4, 0.5) is 0 Å². The Morgan fingerprint density at radius 2 is 1.85 bits per heavy atom. The van der Waals surface area contributed by atoms with Crippen LogP contribution in [-0.4, -0.2) is 60.4 Å². The first-order valence-electron chi connectivity index (χ1n) is 7.08. The van der Waals surface area contributed by atoms with E-state index in [-0.39, 0.29) is 5.91 Å². The smallest absolute Gasteiger partial charge is 0.237 e. The van der Waals surface area contributed by atoms with Crippen LogP contribution in [0, 0.1) is 0 Å². The molecule has 1 aromatic carbocycles. The van der Waals surface area contributed by atoms with Crippen LogP contribution in [0.5, 0.6) is 0 Å². The van der Waals surface area contributed by atoms with Crippen molar-refractivity contribution in [1.29, 1.82) is 0 Å². The van der Waals surface area contributed by atoms with E-state index < -0.39 is 0 Å². The minimum Gasteiger partial charge on any atom is -0.333 e. The zero-order chi connectivity index (χ0) is 14.1. The second-order valence-corrected chi connectivity index (χ2v) is 6.66. The predicted octanol–water partition coefficient (Wildman–Crippen LogP) is 1.54. The van der Waals surface area contributed by atoms with E-state index in [1.807, 2.05) is 11.0 Å². The van der Waals surface area contributed by atoms with Crippen LogP contribution >= 0.6 is 15.9 Å². The number of nitrogens with zero attached hydrogens (tertiary/aromatic N) is 3. The highest BCUT2D eigenvalue weighted by molar-refractivity contribution is 9.10. The van der Waals surface area contributed by atoms with Gasteiger partial charge in [-0.15, -0.1) is 0 Å². The number of piperazine rings is 1. The first kappa shape index (κ1) is 14.0. The molecule has 0 aromatic heterocycles. The van der Waals surface area contributed by atoms with Crippen molar-refractivity contribution >= 4 is 21.8 Å². The third-order valence-corrected chi connectivity index (χ3v) is 4.69. The largest absolute Gasteiger partial charge is 0.333 e. The monoisotopic (exact) mass is 337 g/mol. The van der Waals surface area contributed by atoms with Gasteiger partial charge in [-0.25, -0.2) is 0 Å². The van der Waals surface area contributed by atoms with E-state index in [4.69, 9.17) is 0 Å². The number of fused-ring (bicyclic) bond motifs is 1. The molecule has 2 aliphatic rings. The summed E-state index contributed by atoms with van der Waals surface area (Å²) in [7, 11) is 2.13. The van der Waals surface area contributed by atoms with Gasteiger partial charge in [0.2, 0.25) is 5.91 Å². The first-order valence-corrected chi connectivity index (χ1v) is 7.87. The van der Waals surface area contributed by atoms with Crippen molar-refractivity contribution in [1.82, 2.24) is 14.7 Å². The molecule has 0 saturated carbocycles. The lowest BCUT2D eigenvalue weighted by Gasteiger charge is -2.32. The van der Waals surface area contributed by atoms with Crippen LogP contribution in [0.3, 0.4) is 0 Å². The molecule has 0 aliphatic carbocycles. The maximum Gasteiger partial charge on any atom is 0.237 e. The van der Waals surface area contributed by atoms with E-state index in [0.29, 0.717) is 6.54 Å². The third-order valence-electron chi connectivity index (χ3n) is 4.20. The highest BCUT2D eigenvalue weighted by Crippen LogP contribution is 2.26. The van der Waals surface area contributed by atoms with Crippen LogP contribution in [0.15, 0.2) is 22.7 Å². The summed E-state index contributed by atoms with van der Waals surface area (Å²) in [6.45, 7) is 6.17. The average Bonchev–Trinajstić information content (AvgIpc) is 2.84. The molecule has 0 radical (unpaired) electrons. The Hall–Kier alpha value is -0.910. The van der Waals surface area contributed by atoms with E-state index in [0.717, 1.165) is 43.7 Å². The van der Waals surface area contributed by atoms with Crippen LogP contribution in [-0.2, 0) is 17.9 Å². The van der Waals surface area contributed by atoms with Gasteiger partial charge in [-0.05, 0) is 30.3 Å². The molecular weight excluding hydrogens is 318 g/mol. The van der Waals surface area contributed by atoms with Crippen LogP contribution in [0.1, 0.15) is 11.1 Å². The molecule has 0 spiro atoms. The normalized spacial score (nSPS) is 20.2. The highest BCUT2D eigenvalue weighted by atomic mass is 79.9. The summed E-state index contributed by atoms with van der Waals surface area (Å²) < 4.78 is 1.09. The van der Waals surface area contributed by atoms with Gasteiger partial charge in [0, 0.05) is 43.7 Å². The molecule has 2 heterocycles. The van der Waals surface area contributed by atoms with Crippen molar-refractivity contribution in [3.05, 3.63) is 33.8 Å². The number of carbonyl (C=O) groups is 1. The molecular formula is C15H20BrN3O. The van der Waals surface area contributed by atoms with Gasteiger partial charge in [-0.3, -0.25) is 9.69 Å². The van der Waals surface area contributed by atoms with Gasteiger partial charge in [-0.1, -0.05) is 22.0 Å². The molecule has 3 rings (SSSR count). The Kier molecular flexibility index (Phi) is 4.10. The SMILES string of the molecule is CN1CCN(CC(=O)N2Cc3ccc(Br)cc3C2)CC1. The topological polar surface area (TPSA) is 26.8 Å². The summed E-state index contributed by atoms with van der Waals surface area (Å²) in [4.78, 5) is 18.9. The van der Waals surface area contributed by atoms with E-state index in [1.54, 1.807) is 0 Å². The molecule has 0 bridgehead atoms. The van der Waals surface area contributed by atoms with Crippen molar-refractivity contribution < 1.29 is 4.79 Å². The van der Waals surface area contributed by atoms with Crippen LogP contribution < -0.4 is 0 Å². The second kappa shape index (κ2) is 5.84. The number of amides is 1. The number of hydrogen-bond donors (Lipinski definition) is 0. The molecule has 0 unspecified atom stereocenters. The first-order chi connectivity index (χ1) is 9.61. The summed E-state index contributed by atoms with van der Waals surface area (Å²) in [5.41, 5.74) is 2.55. The van der Waals surface area contributed by atoms with E-state index in [2.05, 4.69) is 44.9 Å². The summed E-state index contributed by atoms with van der Waals surface area (Å²) in [5, 5.41) is 0. The maximum absolute atomic E-state index is 12.4. The maximum atomic E-state index is 12.4. The molecule has 1 amide bonds. The van der Waals surface area contributed by atoms with Gasteiger partial charge >= 0.3 is 0 Å². The van der Waals surface area contributed by atoms with Crippen molar-refractivity contribution in [2.45, 2.75) is 13.1 Å². The van der Waals surface area contributed by atoms with Gasteiger partial charge in [0.25, 0.3) is 0 Å². The van der Waals surface area contributed by atoms with Gasteiger partial charge in [-0.2, -0.15) is 0 Å². The standard InChI is InChI=1S/C15H20BrN3O/c1-17-4-6-18(7-5-17)11-15(20)19-9-12-2-3-14(16)8-13(12)10-19/h2-3,8H,4-7,9-11H2,1H3. The summed E-state index contributed by atoms with van der Waals surface area (Å²) in [6.07, 6.45) is 0. The predicted molar refractivity (Wildman–Crippen MR) is 82.3 cm³/mol. The third kappa shape index (κ3) is 3.05. The van der Waals surface area contributed by atoms with Gasteiger partial charge in [0.15, 0.2) is 0 Å². The average molecular weight is 338 g/mol. The molecule has 1 fully saturated rings.